The molecule has 112 valence electrons. The zero-order valence-corrected chi connectivity index (χ0v) is 12.2. The summed E-state index contributed by atoms with van der Waals surface area (Å²) in [6.07, 6.45) is 0.652. The molecular weight excluding hydrogens is 280 g/mol. The van der Waals surface area contributed by atoms with E-state index in [0.29, 0.717) is 24.2 Å². The highest BCUT2D eigenvalue weighted by molar-refractivity contribution is 5.98. The second-order valence-corrected chi connectivity index (χ2v) is 4.52. The number of benzene rings is 2. The van der Waals surface area contributed by atoms with Gasteiger partial charge in [0, 0.05) is 17.0 Å². The van der Waals surface area contributed by atoms with Crippen molar-refractivity contribution in [3.8, 4) is 5.75 Å². The molecule has 6 nitrogen and oxygen atoms in total. The van der Waals surface area contributed by atoms with Crippen LogP contribution in [0.2, 0.25) is 0 Å². The van der Waals surface area contributed by atoms with Crippen LogP contribution in [0.1, 0.15) is 15.9 Å². The Hall–Kier alpha value is -2.98. The third-order valence-corrected chi connectivity index (χ3v) is 3.17. The number of hydrogen-bond acceptors (Lipinski definition) is 3. The molecule has 0 aliphatic rings. The van der Waals surface area contributed by atoms with Gasteiger partial charge in [0.25, 0.3) is 5.91 Å². The molecule has 0 aromatic heterocycles. The molecule has 0 radical (unpaired) electrons. The Balaban J connectivity index is 2.00. The molecule has 0 saturated heterocycles. The third kappa shape index (κ3) is 3.77. The smallest absolute Gasteiger partial charge is 0.251 e. The standard InChI is InChI=1S/C16H16N4O2/c1-22-15-9-5-2-6-12(15)10-11-18-16(21)13-7-3-4-8-14(13)19-20-17/h2-9H,10-11H2,1H3,(H,18,21). The van der Waals surface area contributed by atoms with Crippen LogP contribution in [0.15, 0.2) is 53.6 Å². The summed E-state index contributed by atoms with van der Waals surface area (Å²) in [5, 5.41) is 6.34. The largest absolute Gasteiger partial charge is 0.496 e. The highest BCUT2D eigenvalue weighted by atomic mass is 16.5. The van der Waals surface area contributed by atoms with E-state index in [1.165, 1.54) is 0 Å². The van der Waals surface area contributed by atoms with Crippen molar-refractivity contribution in [3.63, 3.8) is 0 Å². The Morgan fingerprint density at radius 1 is 1.23 bits per heavy atom. The Morgan fingerprint density at radius 3 is 2.73 bits per heavy atom. The van der Waals surface area contributed by atoms with Gasteiger partial charge in [0.2, 0.25) is 0 Å². The molecule has 0 aliphatic heterocycles. The van der Waals surface area contributed by atoms with E-state index in [1.54, 1.807) is 31.4 Å². The number of carbonyl (C=O) groups is 1. The first-order chi connectivity index (χ1) is 10.8. The number of nitrogens with zero attached hydrogens (tertiary/aromatic N) is 3. The lowest BCUT2D eigenvalue weighted by molar-refractivity contribution is 0.0954. The average Bonchev–Trinajstić information content (AvgIpc) is 2.56. The minimum absolute atomic E-state index is 0.266. The van der Waals surface area contributed by atoms with E-state index in [-0.39, 0.29) is 5.91 Å². The molecule has 0 atom stereocenters. The maximum absolute atomic E-state index is 12.2. The molecule has 2 aromatic rings. The molecule has 1 N–H and O–H groups in total. The second kappa shape index (κ2) is 7.71. The van der Waals surface area contributed by atoms with Crippen LogP contribution in [0.3, 0.4) is 0 Å². The number of carbonyl (C=O) groups excluding carboxylic acids is 1. The number of ether oxygens (including phenoxy) is 1. The van der Waals surface area contributed by atoms with Gasteiger partial charge < -0.3 is 10.1 Å². The molecule has 0 unspecified atom stereocenters. The first kappa shape index (κ1) is 15.4. The molecule has 0 aliphatic carbocycles. The summed E-state index contributed by atoms with van der Waals surface area (Å²) in [4.78, 5) is 14.9. The number of nitrogens with one attached hydrogen (secondary N) is 1. The maximum Gasteiger partial charge on any atom is 0.251 e. The van der Waals surface area contributed by atoms with E-state index < -0.39 is 0 Å². The highest BCUT2D eigenvalue weighted by Crippen LogP contribution is 2.19. The molecular formula is C16H16N4O2. The van der Waals surface area contributed by atoms with Crippen molar-refractivity contribution in [2.45, 2.75) is 6.42 Å². The predicted octanol–water partition coefficient (Wildman–Crippen LogP) is 3.61. The molecule has 0 heterocycles. The van der Waals surface area contributed by atoms with Crippen molar-refractivity contribution in [2.24, 2.45) is 5.11 Å². The van der Waals surface area contributed by atoms with E-state index in [1.807, 2.05) is 24.3 Å². The van der Waals surface area contributed by atoms with E-state index in [2.05, 4.69) is 15.3 Å². The van der Waals surface area contributed by atoms with E-state index >= 15 is 0 Å². The molecule has 6 heteroatoms. The molecule has 0 bridgehead atoms. The van der Waals surface area contributed by atoms with Crippen LogP contribution in [0.5, 0.6) is 5.75 Å². The molecule has 2 rings (SSSR count). The van der Waals surface area contributed by atoms with Crippen LogP contribution in [0, 0.1) is 0 Å². The molecule has 0 fully saturated rings. The fourth-order valence-corrected chi connectivity index (χ4v) is 2.12. The summed E-state index contributed by atoms with van der Waals surface area (Å²) in [6, 6.07) is 14.3. The average molecular weight is 296 g/mol. The Bertz CT molecular complexity index is 709. The van der Waals surface area contributed by atoms with Crippen LogP contribution in [-0.4, -0.2) is 19.6 Å². The third-order valence-electron chi connectivity index (χ3n) is 3.17. The van der Waals surface area contributed by atoms with E-state index in [4.69, 9.17) is 10.3 Å². The van der Waals surface area contributed by atoms with Crippen molar-refractivity contribution in [3.05, 3.63) is 70.1 Å². The monoisotopic (exact) mass is 296 g/mol. The number of para-hydroxylation sites is 1. The number of methoxy groups -OCH3 is 1. The molecule has 22 heavy (non-hydrogen) atoms. The van der Waals surface area contributed by atoms with Gasteiger partial charge >= 0.3 is 0 Å². The van der Waals surface area contributed by atoms with E-state index in [9.17, 15) is 4.79 Å². The Morgan fingerprint density at radius 2 is 1.95 bits per heavy atom. The van der Waals surface area contributed by atoms with Gasteiger partial charge in [-0.25, -0.2) is 0 Å². The van der Waals surface area contributed by atoms with Gasteiger partial charge in [-0.05, 0) is 29.6 Å². The first-order valence-corrected chi connectivity index (χ1v) is 6.80. The lowest BCUT2D eigenvalue weighted by Crippen LogP contribution is -2.25. The normalized spacial score (nSPS) is 9.68. The van der Waals surface area contributed by atoms with E-state index in [0.717, 1.165) is 11.3 Å². The van der Waals surface area contributed by atoms with Gasteiger partial charge in [-0.3, -0.25) is 4.79 Å². The molecule has 2 aromatic carbocycles. The lowest BCUT2D eigenvalue weighted by atomic mass is 10.1. The minimum Gasteiger partial charge on any atom is -0.496 e. The summed E-state index contributed by atoms with van der Waals surface area (Å²) < 4.78 is 5.27. The zero-order valence-electron chi connectivity index (χ0n) is 12.2. The molecule has 0 saturated carbocycles. The summed E-state index contributed by atoms with van der Waals surface area (Å²) in [7, 11) is 1.62. The molecule has 1 amide bonds. The van der Waals surface area contributed by atoms with Gasteiger partial charge in [0.1, 0.15) is 5.75 Å². The summed E-state index contributed by atoms with van der Waals surface area (Å²) in [5.74, 6) is 0.532. The second-order valence-electron chi connectivity index (χ2n) is 4.52. The van der Waals surface area contributed by atoms with Crippen molar-refractivity contribution in [1.82, 2.24) is 5.32 Å². The van der Waals surface area contributed by atoms with Gasteiger partial charge in [-0.15, -0.1) is 0 Å². The first-order valence-electron chi connectivity index (χ1n) is 6.80. The number of azide groups is 1. The zero-order chi connectivity index (χ0) is 15.8. The van der Waals surface area contributed by atoms with Crippen molar-refractivity contribution >= 4 is 11.6 Å². The van der Waals surface area contributed by atoms with Crippen LogP contribution in [-0.2, 0) is 6.42 Å². The number of hydrogen-bond donors (Lipinski definition) is 1. The fraction of sp³-hybridized carbons (Fsp3) is 0.188. The van der Waals surface area contributed by atoms with Crippen LogP contribution >= 0.6 is 0 Å². The Labute approximate surface area is 128 Å². The number of rotatable bonds is 6. The minimum atomic E-state index is -0.266. The lowest BCUT2D eigenvalue weighted by Gasteiger charge is -2.10. The fourth-order valence-electron chi connectivity index (χ4n) is 2.12. The topological polar surface area (TPSA) is 87.1 Å². The van der Waals surface area contributed by atoms with Crippen molar-refractivity contribution in [1.29, 1.82) is 0 Å². The van der Waals surface area contributed by atoms with Gasteiger partial charge in [0.05, 0.1) is 12.8 Å². The van der Waals surface area contributed by atoms with Crippen LogP contribution in [0.4, 0.5) is 5.69 Å². The predicted molar refractivity (Wildman–Crippen MR) is 84.3 cm³/mol. The van der Waals surface area contributed by atoms with Crippen LogP contribution < -0.4 is 10.1 Å². The van der Waals surface area contributed by atoms with Gasteiger partial charge in [-0.1, -0.05) is 41.5 Å². The Kier molecular flexibility index (Phi) is 5.40. The SMILES string of the molecule is COc1ccccc1CCNC(=O)c1ccccc1N=[N+]=[N-]. The quantitative estimate of drug-likeness (QED) is 0.501. The molecule has 0 spiro atoms. The summed E-state index contributed by atoms with van der Waals surface area (Å²) in [5.41, 5.74) is 10.2. The number of amides is 1. The van der Waals surface area contributed by atoms with Gasteiger partial charge in [0.15, 0.2) is 0 Å². The highest BCUT2D eigenvalue weighted by Gasteiger charge is 2.09. The van der Waals surface area contributed by atoms with Crippen molar-refractivity contribution in [2.75, 3.05) is 13.7 Å². The van der Waals surface area contributed by atoms with Crippen molar-refractivity contribution < 1.29 is 9.53 Å². The summed E-state index contributed by atoms with van der Waals surface area (Å²) in [6.45, 7) is 0.462. The summed E-state index contributed by atoms with van der Waals surface area (Å²) >= 11 is 0. The van der Waals surface area contributed by atoms with Crippen LogP contribution in [0.25, 0.3) is 10.4 Å². The maximum atomic E-state index is 12.2. The van der Waals surface area contributed by atoms with Gasteiger partial charge in [-0.2, -0.15) is 0 Å².